The molecular formula is C14H19NO4. The molecule has 0 atom stereocenters. The zero-order valence-corrected chi connectivity index (χ0v) is 10.9. The highest BCUT2D eigenvalue weighted by molar-refractivity contribution is 5.48. The first-order valence-electron chi connectivity index (χ1n) is 6.75. The fourth-order valence-electron chi connectivity index (χ4n) is 2.44. The van der Waals surface area contributed by atoms with E-state index in [1.54, 1.807) is 12.1 Å². The van der Waals surface area contributed by atoms with Gasteiger partial charge in [-0.1, -0.05) is 12.8 Å². The van der Waals surface area contributed by atoms with E-state index in [0.717, 1.165) is 25.7 Å². The summed E-state index contributed by atoms with van der Waals surface area (Å²) in [5.74, 6) is 0.281. The lowest BCUT2D eigenvalue weighted by Crippen LogP contribution is -2.16. The summed E-state index contributed by atoms with van der Waals surface area (Å²) in [6.07, 6.45) is 6.57. The molecule has 104 valence electrons. The van der Waals surface area contributed by atoms with Crippen molar-refractivity contribution in [3.63, 3.8) is 0 Å². The number of aliphatic hydroxyl groups is 1. The quantitative estimate of drug-likeness (QED) is 0.515. The fraction of sp³-hybridized carbons (Fsp3) is 0.571. The summed E-state index contributed by atoms with van der Waals surface area (Å²) in [6.45, 7) is -0.140. The van der Waals surface area contributed by atoms with Crippen LogP contribution in [0.3, 0.4) is 0 Å². The number of nitrogens with zero attached hydrogens (tertiary/aromatic N) is 1. The minimum Gasteiger partial charge on any atom is -0.483 e. The first-order valence-corrected chi connectivity index (χ1v) is 6.75. The second-order valence-electron chi connectivity index (χ2n) is 4.95. The van der Waals surface area contributed by atoms with Crippen LogP contribution in [0.2, 0.25) is 0 Å². The van der Waals surface area contributed by atoms with Crippen molar-refractivity contribution in [2.45, 2.75) is 51.2 Å². The lowest BCUT2D eigenvalue weighted by Gasteiger charge is -2.17. The maximum Gasteiger partial charge on any atom is 0.310 e. The van der Waals surface area contributed by atoms with Gasteiger partial charge in [0.25, 0.3) is 0 Å². The molecule has 0 spiro atoms. The average Bonchev–Trinajstić information content (AvgIpc) is 2.67. The van der Waals surface area contributed by atoms with E-state index in [1.165, 1.54) is 18.9 Å². The van der Waals surface area contributed by atoms with Gasteiger partial charge >= 0.3 is 5.69 Å². The molecule has 1 fully saturated rings. The predicted octanol–water partition coefficient (Wildman–Crippen LogP) is 3.19. The van der Waals surface area contributed by atoms with Gasteiger partial charge in [0, 0.05) is 6.07 Å². The number of nitro benzene ring substituents is 1. The second kappa shape index (κ2) is 6.52. The van der Waals surface area contributed by atoms with Gasteiger partial charge in [-0.3, -0.25) is 10.1 Å². The summed E-state index contributed by atoms with van der Waals surface area (Å²) in [5.41, 5.74) is 0.607. The summed E-state index contributed by atoms with van der Waals surface area (Å²) >= 11 is 0. The van der Waals surface area contributed by atoms with Gasteiger partial charge in [-0.2, -0.15) is 0 Å². The van der Waals surface area contributed by atoms with Gasteiger partial charge in [0.15, 0.2) is 5.75 Å². The highest BCUT2D eigenvalue weighted by atomic mass is 16.6. The SMILES string of the molecule is O=[N+]([O-])c1ccc(CO)cc1OC1CCCCCC1. The van der Waals surface area contributed by atoms with Gasteiger partial charge in [-0.15, -0.1) is 0 Å². The summed E-state index contributed by atoms with van der Waals surface area (Å²) in [4.78, 5) is 10.6. The third-order valence-corrected chi connectivity index (χ3v) is 3.50. The fourth-order valence-corrected chi connectivity index (χ4v) is 2.44. The van der Waals surface area contributed by atoms with Crippen LogP contribution in [-0.2, 0) is 6.61 Å². The Morgan fingerprint density at radius 3 is 2.53 bits per heavy atom. The number of benzene rings is 1. The molecule has 0 heterocycles. The molecule has 1 aliphatic carbocycles. The van der Waals surface area contributed by atoms with Crippen LogP contribution in [0.25, 0.3) is 0 Å². The summed E-state index contributed by atoms with van der Waals surface area (Å²) in [7, 11) is 0. The van der Waals surface area contributed by atoms with Crippen LogP contribution in [-0.4, -0.2) is 16.1 Å². The number of nitro groups is 1. The zero-order valence-electron chi connectivity index (χ0n) is 10.9. The molecule has 0 aromatic heterocycles. The van der Waals surface area contributed by atoms with Gasteiger partial charge in [0.1, 0.15) is 0 Å². The Bertz CT molecular complexity index is 439. The van der Waals surface area contributed by atoms with Crippen molar-refractivity contribution in [2.24, 2.45) is 0 Å². The normalized spacial score (nSPS) is 16.9. The van der Waals surface area contributed by atoms with Gasteiger partial charge in [0.2, 0.25) is 0 Å². The largest absolute Gasteiger partial charge is 0.483 e. The topological polar surface area (TPSA) is 72.6 Å². The predicted molar refractivity (Wildman–Crippen MR) is 71.1 cm³/mol. The van der Waals surface area contributed by atoms with Crippen LogP contribution >= 0.6 is 0 Å². The van der Waals surface area contributed by atoms with Crippen molar-refractivity contribution < 1.29 is 14.8 Å². The molecular weight excluding hydrogens is 246 g/mol. The van der Waals surface area contributed by atoms with E-state index in [4.69, 9.17) is 9.84 Å². The Kier molecular flexibility index (Phi) is 4.74. The Morgan fingerprint density at radius 1 is 1.26 bits per heavy atom. The molecule has 1 N–H and O–H groups in total. The molecule has 0 saturated heterocycles. The van der Waals surface area contributed by atoms with E-state index in [9.17, 15) is 10.1 Å². The number of ether oxygens (including phenoxy) is 1. The highest BCUT2D eigenvalue weighted by Gasteiger charge is 2.20. The van der Waals surface area contributed by atoms with Crippen molar-refractivity contribution in [1.82, 2.24) is 0 Å². The molecule has 0 radical (unpaired) electrons. The number of rotatable bonds is 4. The van der Waals surface area contributed by atoms with Crippen LogP contribution in [0.5, 0.6) is 5.75 Å². The molecule has 0 amide bonds. The minimum absolute atomic E-state index is 0.0264. The average molecular weight is 265 g/mol. The number of hydrogen-bond donors (Lipinski definition) is 1. The third-order valence-electron chi connectivity index (χ3n) is 3.50. The summed E-state index contributed by atoms with van der Waals surface area (Å²) < 4.78 is 5.82. The lowest BCUT2D eigenvalue weighted by atomic mass is 10.1. The highest BCUT2D eigenvalue weighted by Crippen LogP contribution is 2.31. The monoisotopic (exact) mass is 265 g/mol. The van der Waals surface area contributed by atoms with E-state index in [0.29, 0.717) is 5.56 Å². The molecule has 0 aliphatic heterocycles. The molecule has 1 aromatic carbocycles. The van der Waals surface area contributed by atoms with Crippen molar-refractivity contribution >= 4 is 5.69 Å². The van der Waals surface area contributed by atoms with Crippen LogP contribution < -0.4 is 4.74 Å². The van der Waals surface area contributed by atoms with Crippen molar-refractivity contribution in [3.8, 4) is 5.75 Å². The van der Waals surface area contributed by atoms with Crippen molar-refractivity contribution in [3.05, 3.63) is 33.9 Å². The standard InChI is InChI=1S/C14H19NO4/c16-10-11-7-8-13(15(17)18)14(9-11)19-12-5-3-1-2-4-6-12/h7-9,12,16H,1-6,10H2. The van der Waals surface area contributed by atoms with Gasteiger partial charge < -0.3 is 9.84 Å². The maximum absolute atomic E-state index is 11.0. The Labute approximate surface area is 112 Å². The van der Waals surface area contributed by atoms with Crippen LogP contribution in [0.1, 0.15) is 44.1 Å². The molecule has 19 heavy (non-hydrogen) atoms. The molecule has 1 saturated carbocycles. The zero-order chi connectivity index (χ0) is 13.7. The van der Waals surface area contributed by atoms with Gasteiger partial charge in [0.05, 0.1) is 17.6 Å². The Morgan fingerprint density at radius 2 is 1.95 bits per heavy atom. The maximum atomic E-state index is 11.0. The van der Waals surface area contributed by atoms with Crippen LogP contribution in [0.4, 0.5) is 5.69 Å². The third kappa shape index (κ3) is 3.67. The molecule has 5 nitrogen and oxygen atoms in total. The van der Waals surface area contributed by atoms with Crippen LogP contribution in [0.15, 0.2) is 18.2 Å². The molecule has 5 heteroatoms. The van der Waals surface area contributed by atoms with Crippen LogP contribution in [0, 0.1) is 10.1 Å². The minimum atomic E-state index is -0.437. The molecule has 1 aromatic rings. The second-order valence-corrected chi connectivity index (χ2v) is 4.95. The van der Waals surface area contributed by atoms with E-state index < -0.39 is 4.92 Å². The van der Waals surface area contributed by atoms with E-state index in [2.05, 4.69) is 0 Å². The Hall–Kier alpha value is -1.62. The van der Waals surface area contributed by atoms with E-state index >= 15 is 0 Å². The molecule has 1 aliphatic rings. The number of hydrogen-bond acceptors (Lipinski definition) is 4. The smallest absolute Gasteiger partial charge is 0.310 e. The first-order chi connectivity index (χ1) is 9.20. The summed E-state index contributed by atoms with van der Waals surface area (Å²) in [6, 6.07) is 4.53. The molecule has 0 bridgehead atoms. The summed E-state index contributed by atoms with van der Waals surface area (Å²) in [5, 5.41) is 20.1. The van der Waals surface area contributed by atoms with Crippen molar-refractivity contribution in [1.29, 1.82) is 0 Å². The molecule has 0 unspecified atom stereocenters. The molecule has 2 rings (SSSR count). The Balaban J connectivity index is 2.18. The lowest BCUT2D eigenvalue weighted by molar-refractivity contribution is -0.386. The van der Waals surface area contributed by atoms with Crippen molar-refractivity contribution in [2.75, 3.05) is 0 Å². The van der Waals surface area contributed by atoms with E-state index in [-0.39, 0.29) is 24.1 Å². The number of aliphatic hydroxyl groups excluding tert-OH is 1. The van der Waals surface area contributed by atoms with Gasteiger partial charge in [-0.25, -0.2) is 0 Å². The van der Waals surface area contributed by atoms with Gasteiger partial charge in [-0.05, 0) is 43.4 Å². The van der Waals surface area contributed by atoms with E-state index in [1.807, 2.05) is 0 Å². The first kappa shape index (κ1) is 13.8.